The molecule has 0 radical (unpaired) electrons. The predicted octanol–water partition coefficient (Wildman–Crippen LogP) is 11.0. The molecule has 0 atom stereocenters. The number of benzene rings is 9. The lowest BCUT2D eigenvalue weighted by Crippen LogP contribution is -2.34. The molecule has 1 aromatic heterocycles. The van der Waals surface area contributed by atoms with Crippen molar-refractivity contribution in [1.82, 2.24) is 26.2 Å². The molecular formula is C63H60Cl3N11O19S6. The van der Waals surface area contributed by atoms with Gasteiger partial charge in [-0.1, -0.05) is 66.3 Å². The molecule has 0 saturated carbocycles. The number of amides is 1. The normalized spacial score (nSPS) is 11.6. The van der Waals surface area contributed by atoms with E-state index in [0.717, 1.165) is 27.4 Å². The van der Waals surface area contributed by atoms with Gasteiger partial charge in [0.25, 0.3) is 69.1 Å². The molecule has 0 aliphatic heterocycles. The second kappa shape index (κ2) is 34.7. The van der Waals surface area contributed by atoms with Crippen LogP contribution in [0.25, 0.3) is 10.9 Å². The average molecular weight is 1570 g/mol. The molecule has 102 heavy (non-hydrogen) atoms. The maximum absolute atomic E-state index is 13.1. The lowest BCUT2D eigenvalue weighted by atomic mass is 10.1. The highest BCUT2D eigenvalue weighted by atomic mass is 35.7. The number of carbonyl (C=O) groups is 2. The second-order valence-corrected chi connectivity index (χ2v) is 33.2. The van der Waals surface area contributed by atoms with Crippen molar-refractivity contribution in [2.45, 2.75) is 56.8 Å². The second-order valence-electron chi connectivity index (χ2n) is 21.0. The fourth-order valence-electron chi connectivity index (χ4n) is 8.60. The first-order valence-corrected chi connectivity index (χ1v) is 39.8. The van der Waals surface area contributed by atoms with Gasteiger partial charge in [0.1, 0.15) is 12.4 Å². The van der Waals surface area contributed by atoms with Crippen LogP contribution < -0.4 is 45.6 Å². The Morgan fingerprint density at radius 3 is 1.33 bits per heavy atom. The van der Waals surface area contributed by atoms with E-state index in [-0.39, 0.29) is 75.2 Å². The molecule has 10 rings (SSSR count). The largest absolute Gasteiger partial charge is 0.394 e. The number of sulfonamides is 4. The quantitative estimate of drug-likeness (QED) is 0.0121. The summed E-state index contributed by atoms with van der Waals surface area (Å²) in [6.45, 7) is 5.25. The van der Waals surface area contributed by atoms with Gasteiger partial charge in [0, 0.05) is 51.4 Å². The third kappa shape index (κ3) is 23.1. The number of nitrogens with zero attached hydrogens (tertiary/aromatic N) is 3. The molecule has 0 unspecified atom stereocenters. The zero-order valence-corrected chi connectivity index (χ0v) is 60.8. The van der Waals surface area contributed by atoms with E-state index in [4.69, 9.17) is 42.7 Å². The Bertz CT molecular complexity index is 5440. The molecule has 10 aromatic rings. The molecule has 1 amide bonds. The molecular weight excluding hydrogens is 1510 g/mol. The van der Waals surface area contributed by atoms with E-state index < -0.39 is 74.4 Å². The number of aromatic nitrogens is 2. The minimum atomic E-state index is -4.12. The number of hydrazine groups is 2. The van der Waals surface area contributed by atoms with E-state index in [1.54, 1.807) is 63.4 Å². The number of rotatable bonds is 24. The number of fused-ring (bicyclic) bond motifs is 1. The predicted molar refractivity (Wildman–Crippen MR) is 384 cm³/mol. The smallest absolute Gasteiger partial charge is 0.361 e. The van der Waals surface area contributed by atoms with Crippen molar-refractivity contribution in [3.8, 4) is 5.75 Å². The molecule has 39 heteroatoms. The van der Waals surface area contributed by atoms with Gasteiger partial charge in [-0.2, -0.15) is 9.78 Å². The van der Waals surface area contributed by atoms with Crippen molar-refractivity contribution in [2.24, 2.45) is 0 Å². The van der Waals surface area contributed by atoms with Gasteiger partial charge in [0.05, 0.1) is 75.6 Å². The Labute approximate surface area is 600 Å². The van der Waals surface area contributed by atoms with E-state index in [1.165, 1.54) is 165 Å². The molecule has 0 spiro atoms. The highest BCUT2D eigenvalue weighted by Crippen LogP contribution is 2.30. The number of nitro groups is 1. The van der Waals surface area contributed by atoms with Gasteiger partial charge in [-0.3, -0.25) is 39.2 Å². The van der Waals surface area contributed by atoms with Crippen LogP contribution in [-0.4, -0.2) is 90.6 Å². The van der Waals surface area contributed by atoms with Crippen molar-refractivity contribution < 1.29 is 79.6 Å². The standard InChI is InChI=1S/C29H27N7O9S2.C20H22N4O5S2.C7H4Cl2O3S.C7H7ClO2S/c1-19-5-3-7-24(13-19)46(40,41)34-23-6-4-8-25(16-23)47(42,43)33-22-11-9-21(10-12-22)31-32-29(37)35-27-14-20(18-45-44-2)15-28(36(38)39)26(27)17-30-35;1-15-5-3-7-19(13-15)30(25,26)23-17-6-4-8-20(14-17)31(27,28)22-16-9-11-18(12-10-16)29-24-21-2;8-7(10)5-2-1-3-6(4-5)13(9,11)12;1-6-3-2-4-7(5-6)11(8,9)10/h3-17,31,33-34H,18H2,1-2H3,(H,32,37);3-14,21-24H,1-2H3;1-4H;2-5H,1H3. The zero-order chi connectivity index (χ0) is 74.8. The lowest BCUT2D eigenvalue weighted by molar-refractivity contribution is -0.383. The number of non-ortho nitro benzene ring substituents is 1. The summed E-state index contributed by atoms with van der Waals surface area (Å²) in [6, 6.07) is 49.4. The SMILES string of the molecule is CNNOc1ccc(NS(=O)(=O)c2cccc(NS(=O)(=O)c3cccc(C)c3)c2)cc1.COOCc1cc([N+](=O)[O-])c2cnn(C(=O)NNc3ccc(NS(=O)(=O)c4cccc(NS(=O)(=O)c5cccc(C)c5)c4)cc3)c2c1.Cc1cccc(S(=O)(=O)Cl)c1.O=C(Cl)c1cccc(S(=O)(=O)Cl)c1. The maximum atomic E-state index is 13.1. The number of nitro benzene ring substituents is 1. The van der Waals surface area contributed by atoms with E-state index in [2.05, 4.69) is 50.7 Å². The van der Waals surface area contributed by atoms with Crippen LogP contribution in [-0.2, 0) is 74.6 Å². The van der Waals surface area contributed by atoms with E-state index >= 15 is 0 Å². The van der Waals surface area contributed by atoms with Crippen LogP contribution in [0.5, 0.6) is 5.75 Å². The Morgan fingerprint density at radius 2 is 0.912 bits per heavy atom. The van der Waals surface area contributed by atoms with E-state index in [0.29, 0.717) is 22.7 Å². The molecule has 30 nitrogen and oxygen atoms in total. The minimum absolute atomic E-state index is 0.0397. The van der Waals surface area contributed by atoms with Crippen LogP contribution in [0.15, 0.2) is 242 Å². The maximum Gasteiger partial charge on any atom is 0.361 e. The molecule has 0 fully saturated rings. The van der Waals surface area contributed by atoms with Gasteiger partial charge in [0.2, 0.25) is 0 Å². The van der Waals surface area contributed by atoms with Crippen molar-refractivity contribution in [2.75, 3.05) is 38.5 Å². The van der Waals surface area contributed by atoms with Gasteiger partial charge in [-0.05, 0) is 194 Å². The first-order chi connectivity index (χ1) is 48.0. The summed E-state index contributed by atoms with van der Waals surface area (Å²) in [7, 11) is -10.1. The van der Waals surface area contributed by atoms with Crippen LogP contribution in [0, 0.1) is 30.9 Å². The number of hydrogen-bond donors (Lipinski definition) is 8. The van der Waals surface area contributed by atoms with Crippen LogP contribution in [0.4, 0.5) is 38.9 Å². The van der Waals surface area contributed by atoms with E-state index in [1.807, 2.05) is 13.0 Å². The van der Waals surface area contributed by atoms with Gasteiger partial charge in [-0.15, -0.1) is 0 Å². The molecule has 0 bridgehead atoms. The minimum Gasteiger partial charge on any atom is -0.394 e. The Hall–Kier alpha value is -9.80. The molecule has 8 N–H and O–H groups in total. The van der Waals surface area contributed by atoms with Crippen molar-refractivity contribution in [1.29, 1.82) is 0 Å². The summed E-state index contributed by atoms with van der Waals surface area (Å²) < 4.78 is 156. The number of anilines is 5. The van der Waals surface area contributed by atoms with Crippen LogP contribution in [0.3, 0.4) is 0 Å². The molecule has 0 aliphatic rings. The Balaban J connectivity index is 0.000000224. The van der Waals surface area contributed by atoms with Gasteiger partial charge >= 0.3 is 6.03 Å². The molecule has 0 aliphatic carbocycles. The van der Waals surface area contributed by atoms with E-state index in [9.17, 15) is 70.2 Å². The third-order valence-corrected chi connectivity index (χ3v) is 21.7. The topological polar surface area (TPSA) is 424 Å². The highest BCUT2D eigenvalue weighted by Gasteiger charge is 2.24. The number of nitrogens with one attached hydrogen (secondary N) is 8. The summed E-state index contributed by atoms with van der Waals surface area (Å²) in [4.78, 5) is 48.9. The zero-order valence-electron chi connectivity index (χ0n) is 53.6. The lowest BCUT2D eigenvalue weighted by Gasteiger charge is -2.13. The fourth-order valence-corrected chi connectivity index (χ4v) is 14.9. The highest BCUT2D eigenvalue weighted by molar-refractivity contribution is 8.14. The number of halogens is 3. The monoisotopic (exact) mass is 1570 g/mol. The van der Waals surface area contributed by atoms with Crippen LogP contribution in [0.1, 0.15) is 32.6 Å². The first-order valence-electron chi connectivity index (χ1n) is 28.8. The summed E-state index contributed by atoms with van der Waals surface area (Å²) in [5.41, 5.74) is 14.0. The first kappa shape index (κ1) is 79.5. The average Bonchev–Trinajstić information content (AvgIpc) is 1.59. The third-order valence-electron chi connectivity index (χ3n) is 13.3. The Kier molecular flexibility index (Phi) is 27.1. The molecule has 0 saturated heterocycles. The van der Waals surface area contributed by atoms with Gasteiger partial charge in [-0.25, -0.2) is 75.9 Å². The summed E-state index contributed by atoms with van der Waals surface area (Å²) in [6.07, 6.45) is 1.20. The fraction of sp³-hybridized carbons (Fsp3) is 0.0952. The number of carbonyl (C=O) groups excluding carboxylic acids is 2. The van der Waals surface area contributed by atoms with Crippen LogP contribution in [0.2, 0.25) is 0 Å². The summed E-state index contributed by atoms with van der Waals surface area (Å²) >= 11 is 5.15. The van der Waals surface area contributed by atoms with Crippen LogP contribution >= 0.6 is 33.0 Å². The molecule has 9 aromatic carbocycles. The molecule has 1 heterocycles. The van der Waals surface area contributed by atoms with Crippen molar-refractivity contribution >= 4 is 147 Å². The molecule has 538 valence electrons. The van der Waals surface area contributed by atoms with Crippen molar-refractivity contribution in [3.05, 3.63) is 250 Å². The number of aryl methyl sites for hydroxylation is 3. The van der Waals surface area contributed by atoms with Crippen molar-refractivity contribution in [3.63, 3.8) is 0 Å². The summed E-state index contributed by atoms with van der Waals surface area (Å²) in [5, 5.41) is 15.0. The number of hydrogen-bond acceptors (Lipinski definition) is 23. The summed E-state index contributed by atoms with van der Waals surface area (Å²) in [5.74, 6) is 0.477. The van der Waals surface area contributed by atoms with Gasteiger partial charge in [0.15, 0.2) is 0 Å². The van der Waals surface area contributed by atoms with Gasteiger partial charge < -0.3 is 4.84 Å². The Morgan fingerprint density at radius 1 is 0.510 bits per heavy atom.